The molecule has 1 aromatic rings. The summed E-state index contributed by atoms with van der Waals surface area (Å²) < 4.78 is 16.5. The van der Waals surface area contributed by atoms with Crippen LogP contribution in [-0.2, 0) is 23.8 Å². The van der Waals surface area contributed by atoms with Gasteiger partial charge in [-0.15, -0.1) is 0 Å². The molecule has 0 N–H and O–H groups in total. The Bertz CT molecular complexity index is 847. The van der Waals surface area contributed by atoms with E-state index in [1.807, 2.05) is 35.0 Å². The van der Waals surface area contributed by atoms with Crippen molar-refractivity contribution in [3.63, 3.8) is 0 Å². The lowest BCUT2D eigenvalue weighted by molar-refractivity contribution is -0.873. The zero-order chi connectivity index (χ0) is 22.5. The number of carbonyl (C=O) groups is 3. The quantitative estimate of drug-likeness (QED) is 0.268. The third kappa shape index (κ3) is 9.01. The Hall–Kier alpha value is -1.90. The van der Waals surface area contributed by atoms with Crippen molar-refractivity contribution in [3.05, 3.63) is 40.4 Å². The molecule has 0 aliphatic carbocycles. The van der Waals surface area contributed by atoms with Gasteiger partial charge < -0.3 is 35.7 Å². The number of benzene rings is 1. The lowest BCUT2D eigenvalue weighted by Crippen LogP contribution is -3.00. The Morgan fingerprint density at radius 1 is 1.13 bits per heavy atom. The zero-order valence-corrected chi connectivity index (χ0v) is 20.8. The van der Waals surface area contributed by atoms with Crippen molar-refractivity contribution in [2.24, 2.45) is 5.92 Å². The average molecular weight is 519 g/mol. The van der Waals surface area contributed by atoms with E-state index in [2.05, 4.69) is 0 Å². The Morgan fingerprint density at radius 3 is 2.42 bits per heavy atom. The molecule has 9 heteroatoms. The molecule has 0 radical (unpaired) electrons. The van der Waals surface area contributed by atoms with Crippen molar-refractivity contribution in [2.45, 2.75) is 32.8 Å². The lowest BCUT2D eigenvalue weighted by Gasteiger charge is -2.28. The topological polar surface area (TPSA) is 78.9 Å². The van der Waals surface area contributed by atoms with Crippen molar-refractivity contribution < 1.29 is 50.1 Å². The molecular formula is C22H29BrClNO6. The highest BCUT2D eigenvalue weighted by Gasteiger charge is 2.28. The highest BCUT2D eigenvalue weighted by molar-refractivity contribution is 6.31. The van der Waals surface area contributed by atoms with Crippen molar-refractivity contribution in [1.82, 2.24) is 0 Å². The van der Waals surface area contributed by atoms with E-state index < -0.39 is 18.0 Å². The van der Waals surface area contributed by atoms with Gasteiger partial charge in [0.15, 0.2) is 6.10 Å². The third-order valence-electron chi connectivity index (χ3n) is 4.20. The van der Waals surface area contributed by atoms with Crippen LogP contribution in [0.5, 0.6) is 0 Å². The van der Waals surface area contributed by atoms with Gasteiger partial charge in [-0.25, -0.2) is 4.79 Å². The molecule has 2 rings (SSSR count). The molecule has 1 aromatic carbocycles. The van der Waals surface area contributed by atoms with E-state index in [-0.39, 0.29) is 41.9 Å². The monoisotopic (exact) mass is 517 g/mol. The van der Waals surface area contributed by atoms with Gasteiger partial charge in [0, 0.05) is 17.0 Å². The lowest BCUT2D eigenvalue weighted by atomic mass is 10.1. The molecule has 7 nitrogen and oxygen atoms in total. The molecule has 1 aliphatic heterocycles. The van der Waals surface area contributed by atoms with Crippen LogP contribution in [0.25, 0.3) is 5.76 Å². The second kappa shape index (κ2) is 11.6. The van der Waals surface area contributed by atoms with Crippen LogP contribution in [0, 0.1) is 5.92 Å². The van der Waals surface area contributed by atoms with Crippen molar-refractivity contribution in [1.29, 1.82) is 0 Å². The fourth-order valence-corrected chi connectivity index (χ4v) is 3.21. The largest absolute Gasteiger partial charge is 1.00 e. The van der Waals surface area contributed by atoms with Gasteiger partial charge in [-0.1, -0.05) is 25.4 Å². The Labute approximate surface area is 198 Å². The van der Waals surface area contributed by atoms with E-state index in [1.165, 1.54) is 6.08 Å². The molecule has 0 fully saturated rings. The maximum Gasteiger partial charge on any atom is 0.344 e. The van der Waals surface area contributed by atoms with Gasteiger partial charge in [0.2, 0.25) is 0 Å². The Morgan fingerprint density at radius 2 is 1.81 bits per heavy atom. The van der Waals surface area contributed by atoms with E-state index >= 15 is 0 Å². The average Bonchev–Trinajstić information content (AvgIpc) is 2.87. The number of halogens is 2. The summed E-state index contributed by atoms with van der Waals surface area (Å²) in [5, 5.41) is 0.473. The zero-order valence-electron chi connectivity index (χ0n) is 18.4. The van der Waals surface area contributed by atoms with Gasteiger partial charge in [-0.2, -0.15) is 0 Å². The maximum absolute atomic E-state index is 12.3. The molecule has 0 bridgehead atoms. The SMILES string of the molecule is CC(C)CC(=O)O[C@H](CC(=O)OC/C=C1\OC(=O)c2ccc(Cl)cc21)C[N+](C)(C)C.[Br-]. The smallest absolute Gasteiger partial charge is 0.344 e. The maximum atomic E-state index is 12.3. The molecule has 1 aliphatic rings. The first-order chi connectivity index (χ1) is 13.9. The van der Waals surface area contributed by atoms with Crippen LogP contribution in [0.3, 0.4) is 0 Å². The molecule has 31 heavy (non-hydrogen) atoms. The summed E-state index contributed by atoms with van der Waals surface area (Å²) in [6, 6.07) is 4.83. The number of rotatable bonds is 9. The Kier molecular flexibility index (Phi) is 10.2. The van der Waals surface area contributed by atoms with Crippen LogP contribution in [-0.4, -0.2) is 62.8 Å². The van der Waals surface area contributed by atoms with Gasteiger partial charge in [-0.05, 0) is 30.2 Å². The second-order valence-electron chi connectivity index (χ2n) is 8.72. The number of ether oxygens (including phenoxy) is 3. The van der Waals surface area contributed by atoms with Gasteiger partial charge in [0.05, 0.1) is 33.1 Å². The molecule has 0 spiro atoms. The van der Waals surface area contributed by atoms with Crippen molar-refractivity contribution in [2.75, 3.05) is 34.3 Å². The minimum atomic E-state index is -0.583. The second-order valence-corrected chi connectivity index (χ2v) is 9.15. The number of carbonyl (C=O) groups excluding carboxylic acids is 3. The predicted octanol–water partition coefficient (Wildman–Crippen LogP) is 0.453. The van der Waals surface area contributed by atoms with Crippen LogP contribution >= 0.6 is 11.6 Å². The normalized spacial score (nSPS) is 15.2. The molecule has 0 unspecified atom stereocenters. The number of fused-ring (bicyclic) bond motifs is 1. The van der Waals surface area contributed by atoms with Gasteiger partial charge >= 0.3 is 17.9 Å². The third-order valence-corrected chi connectivity index (χ3v) is 4.44. The van der Waals surface area contributed by atoms with Crippen LogP contribution in [0.4, 0.5) is 0 Å². The molecule has 0 saturated carbocycles. The summed E-state index contributed by atoms with van der Waals surface area (Å²) in [6.45, 7) is 4.26. The van der Waals surface area contributed by atoms with Gasteiger partial charge in [-0.3, -0.25) is 9.59 Å². The van der Waals surface area contributed by atoms with E-state index in [9.17, 15) is 14.4 Å². The number of hydrogen-bond donors (Lipinski definition) is 0. The summed E-state index contributed by atoms with van der Waals surface area (Å²) in [4.78, 5) is 36.2. The van der Waals surface area contributed by atoms with E-state index in [0.29, 0.717) is 39.4 Å². The van der Waals surface area contributed by atoms with Crippen LogP contribution in [0.1, 0.15) is 42.6 Å². The summed E-state index contributed by atoms with van der Waals surface area (Å²) in [5.74, 6) is -0.828. The van der Waals surface area contributed by atoms with E-state index in [0.717, 1.165) is 0 Å². The van der Waals surface area contributed by atoms with Gasteiger partial charge in [0.25, 0.3) is 0 Å². The standard InChI is InChI=1S/C22H29ClNO6.BrH/c1-14(2)10-21(26)29-16(13-24(3,4)5)12-20(25)28-9-8-19-18-11-15(23)6-7-17(18)22(27)30-19;/h6-8,11,14,16H,9-10,12-13H2,1-5H3;1H/q+1;/p-1/b19-8-;/t16-;/m1./s1. The number of cyclic esters (lactones) is 1. The number of hydrogen-bond acceptors (Lipinski definition) is 6. The summed E-state index contributed by atoms with van der Waals surface area (Å²) >= 11 is 5.98. The highest BCUT2D eigenvalue weighted by Crippen LogP contribution is 2.31. The van der Waals surface area contributed by atoms with Crippen LogP contribution in [0.2, 0.25) is 5.02 Å². The number of nitrogens with zero attached hydrogens (tertiary/aromatic N) is 1. The highest BCUT2D eigenvalue weighted by atomic mass is 79.9. The molecule has 1 heterocycles. The fourth-order valence-electron chi connectivity index (χ4n) is 3.04. The first-order valence-corrected chi connectivity index (χ1v) is 10.2. The molecule has 0 saturated heterocycles. The molecule has 0 amide bonds. The summed E-state index contributed by atoms with van der Waals surface area (Å²) in [6.07, 6.45) is 1.17. The van der Waals surface area contributed by atoms with Crippen molar-refractivity contribution >= 4 is 35.3 Å². The summed E-state index contributed by atoms with van der Waals surface area (Å²) in [5.41, 5.74) is 0.978. The molecule has 0 aromatic heterocycles. The number of likely N-dealkylation sites (N-methyl/N-ethyl adjacent to an activating group) is 1. The minimum absolute atomic E-state index is 0. The summed E-state index contributed by atoms with van der Waals surface area (Å²) in [7, 11) is 5.86. The number of esters is 3. The fraction of sp³-hybridized carbons (Fsp3) is 0.500. The Balaban J connectivity index is 0.00000480. The predicted molar refractivity (Wildman–Crippen MR) is 113 cm³/mol. The minimum Gasteiger partial charge on any atom is -1.00 e. The van der Waals surface area contributed by atoms with Crippen LogP contribution in [0.15, 0.2) is 24.3 Å². The molecule has 172 valence electrons. The molecule has 1 atom stereocenters. The molecular weight excluding hydrogens is 490 g/mol. The van der Waals surface area contributed by atoms with E-state index in [1.54, 1.807) is 18.2 Å². The van der Waals surface area contributed by atoms with E-state index in [4.69, 9.17) is 25.8 Å². The first kappa shape index (κ1) is 27.1. The van der Waals surface area contributed by atoms with Gasteiger partial charge in [0.1, 0.15) is 18.9 Å². The first-order valence-electron chi connectivity index (χ1n) is 9.82. The van der Waals surface area contributed by atoms with Crippen molar-refractivity contribution in [3.8, 4) is 0 Å². The number of quaternary nitrogens is 1. The van der Waals surface area contributed by atoms with Crippen LogP contribution < -0.4 is 17.0 Å².